The highest BCUT2D eigenvalue weighted by Crippen LogP contribution is 2.35. The summed E-state index contributed by atoms with van der Waals surface area (Å²) in [5.74, 6) is -0.240. The van der Waals surface area contributed by atoms with Crippen LogP contribution in [0.2, 0.25) is 0 Å². The predicted octanol–water partition coefficient (Wildman–Crippen LogP) is 4.16. The van der Waals surface area contributed by atoms with Gasteiger partial charge in [0.05, 0.1) is 16.9 Å². The van der Waals surface area contributed by atoms with Crippen LogP contribution in [0.25, 0.3) is 0 Å². The lowest BCUT2D eigenvalue weighted by Gasteiger charge is -2.35. The van der Waals surface area contributed by atoms with E-state index in [1.807, 2.05) is 24.1 Å². The average Bonchev–Trinajstić information content (AvgIpc) is 2.74. The number of pyridine rings is 1. The van der Waals surface area contributed by atoms with Crippen LogP contribution in [0.1, 0.15) is 32.1 Å². The number of halogens is 1. The number of hydrogen-bond acceptors (Lipinski definition) is 4. The van der Waals surface area contributed by atoms with Crippen molar-refractivity contribution in [3.8, 4) is 0 Å². The van der Waals surface area contributed by atoms with Crippen LogP contribution in [0.15, 0.2) is 53.7 Å². The van der Waals surface area contributed by atoms with Gasteiger partial charge in [0.25, 0.3) is 0 Å². The van der Waals surface area contributed by atoms with Gasteiger partial charge in [0.15, 0.2) is 0 Å². The van der Waals surface area contributed by atoms with E-state index in [2.05, 4.69) is 9.71 Å². The molecule has 156 valence electrons. The first kappa shape index (κ1) is 21.8. The SMILES string of the molecule is CN(C(=S)[C@@H]1CCCC[C@H]1CCNS(=O)(=O)c1ccccc1F)c1cccnc1. The van der Waals surface area contributed by atoms with Gasteiger partial charge in [-0.2, -0.15) is 0 Å². The van der Waals surface area contributed by atoms with Gasteiger partial charge in [-0.15, -0.1) is 0 Å². The molecule has 1 saturated carbocycles. The van der Waals surface area contributed by atoms with Crippen molar-refractivity contribution < 1.29 is 12.8 Å². The van der Waals surface area contributed by atoms with Crippen LogP contribution in [0.3, 0.4) is 0 Å². The number of nitrogens with one attached hydrogen (secondary N) is 1. The smallest absolute Gasteiger partial charge is 0.243 e. The molecule has 3 rings (SSSR count). The second-order valence-corrected chi connectivity index (χ2v) is 9.53. The van der Waals surface area contributed by atoms with Crippen molar-refractivity contribution in [2.24, 2.45) is 11.8 Å². The van der Waals surface area contributed by atoms with Crippen molar-refractivity contribution in [3.63, 3.8) is 0 Å². The molecule has 1 aromatic heterocycles. The molecular formula is C21H26FN3O2S2. The Bertz CT molecular complexity index is 938. The molecule has 1 aliphatic rings. The predicted molar refractivity (Wildman–Crippen MR) is 117 cm³/mol. The van der Waals surface area contributed by atoms with Gasteiger partial charge in [-0.3, -0.25) is 4.98 Å². The van der Waals surface area contributed by atoms with Gasteiger partial charge in [0, 0.05) is 25.7 Å². The van der Waals surface area contributed by atoms with E-state index < -0.39 is 15.8 Å². The number of benzene rings is 1. The quantitative estimate of drug-likeness (QED) is 0.662. The zero-order valence-corrected chi connectivity index (χ0v) is 18.1. The summed E-state index contributed by atoms with van der Waals surface area (Å²) in [6.07, 6.45) is 8.41. The summed E-state index contributed by atoms with van der Waals surface area (Å²) in [6, 6.07) is 9.27. The molecule has 1 aliphatic carbocycles. The van der Waals surface area contributed by atoms with E-state index in [4.69, 9.17) is 12.2 Å². The fraction of sp³-hybridized carbons (Fsp3) is 0.429. The molecule has 8 heteroatoms. The summed E-state index contributed by atoms with van der Waals surface area (Å²) in [7, 11) is -1.92. The molecule has 0 unspecified atom stereocenters. The molecule has 0 bridgehead atoms. The third-order valence-corrected chi connectivity index (χ3v) is 7.59. The van der Waals surface area contributed by atoms with Crippen molar-refractivity contribution in [2.75, 3.05) is 18.5 Å². The normalized spacial score (nSPS) is 19.7. The van der Waals surface area contributed by atoms with Crippen LogP contribution >= 0.6 is 12.2 Å². The van der Waals surface area contributed by atoms with Crippen molar-refractivity contribution in [3.05, 3.63) is 54.6 Å². The lowest BCUT2D eigenvalue weighted by molar-refractivity contribution is 0.286. The molecular weight excluding hydrogens is 409 g/mol. The van der Waals surface area contributed by atoms with E-state index in [0.717, 1.165) is 42.4 Å². The first-order valence-corrected chi connectivity index (χ1v) is 11.7. The summed E-state index contributed by atoms with van der Waals surface area (Å²) < 4.78 is 41.2. The Balaban J connectivity index is 1.63. The van der Waals surface area contributed by atoms with Crippen LogP contribution in [-0.2, 0) is 10.0 Å². The number of rotatable bonds is 7. The fourth-order valence-electron chi connectivity index (χ4n) is 3.93. The largest absolute Gasteiger partial charge is 0.338 e. The minimum atomic E-state index is -3.87. The monoisotopic (exact) mass is 435 g/mol. The zero-order chi connectivity index (χ0) is 20.9. The molecule has 29 heavy (non-hydrogen) atoms. The minimum Gasteiger partial charge on any atom is -0.338 e. The van der Waals surface area contributed by atoms with Gasteiger partial charge in [0.2, 0.25) is 10.0 Å². The standard InChI is InChI=1S/C21H26FN3O2S2/c1-25(17-8-6-13-23-15-17)21(28)18-9-3-2-7-16(18)12-14-24-29(26,27)20-11-5-4-10-19(20)22/h4-6,8,10-11,13,15-16,18,24H,2-3,7,9,12,14H2,1H3/t16-,18+/m0/s1. The first-order chi connectivity index (χ1) is 13.9. The highest BCUT2D eigenvalue weighted by atomic mass is 32.2. The molecule has 0 radical (unpaired) electrons. The highest BCUT2D eigenvalue weighted by Gasteiger charge is 2.30. The Hall–Kier alpha value is -1.90. The van der Waals surface area contributed by atoms with Crippen LogP contribution in [-0.4, -0.2) is 32.0 Å². The van der Waals surface area contributed by atoms with Crippen molar-refractivity contribution in [1.29, 1.82) is 0 Å². The number of anilines is 1. The summed E-state index contributed by atoms with van der Waals surface area (Å²) in [5.41, 5.74) is 0.946. The van der Waals surface area contributed by atoms with Gasteiger partial charge in [0.1, 0.15) is 10.7 Å². The van der Waals surface area contributed by atoms with Gasteiger partial charge in [-0.25, -0.2) is 17.5 Å². The van der Waals surface area contributed by atoms with Crippen LogP contribution in [0.4, 0.5) is 10.1 Å². The Morgan fingerprint density at radius 3 is 2.72 bits per heavy atom. The summed E-state index contributed by atoms with van der Waals surface area (Å²) in [4.78, 5) is 6.70. The van der Waals surface area contributed by atoms with Crippen LogP contribution < -0.4 is 9.62 Å². The van der Waals surface area contributed by atoms with Crippen LogP contribution in [0, 0.1) is 17.7 Å². The summed E-state index contributed by atoms with van der Waals surface area (Å²) in [6.45, 7) is 0.261. The topological polar surface area (TPSA) is 62.3 Å². The minimum absolute atomic E-state index is 0.210. The molecule has 0 aliphatic heterocycles. The number of hydrogen-bond donors (Lipinski definition) is 1. The molecule has 1 aromatic carbocycles. The van der Waals surface area contributed by atoms with Crippen molar-refractivity contribution >= 4 is 32.9 Å². The van der Waals surface area contributed by atoms with Gasteiger partial charge >= 0.3 is 0 Å². The highest BCUT2D eigenvalue weighted by molar-refractivity contribution is 7.89. The van der Waals surface area contributed by atoms with Crippen molar-refractivity contribution in [2.45, 2.75) is 37.0 Å². The molecule has 5 nitrogen and oxygen atoms in total. The van der Waals surface area contributed by atoms with E-state index in [1.165, 1.54) is 18.2 Å². The summed E-state index contributed by atoms with van der Waals surface area (Å²) in [5, 5.41) is 0. The Kier molecular flexibility index (Phi) is 7.32. The van der Waals surface area contributed by atoms with E-state index in [-0.39, 0.29) is 17.4 Å². The number of thiocarbonyl (C=S) groups is 1. The first-order valence-electron chi connectivity index (χ1n) is 9.82. The van der Waals surface area contributed by atoms with E-state index in [1.54, 1.807) is 12.4 Å². The number of aromatic nitrogens is 1. The maximum atomic E-state index is 13.8. The lowest BCUT2D eigenvalue weighted by atomic mass is 9.77. The fourth-order valence-corrected chi connectivity index (χ4v) is 5.47. The maximum absolute atomic E-state index is 13.8. The second-order valence-electron chi connectivity index (χ2n) is 7.38. The lowest BCUT2D eigenvalue weighted by Crippen LogP contribution is -2.38. The molecule has 1 heterocycles. The molecule has 2 aromatic rings. The molecule has 0 amide bonds. The van der Waals surface area contributed by atoms with E-state index in [0.29, 0.717) is 12.3 Å². The van der Waals surface area contributed by atoms with Gasteiger partial charge in [-0.1, -0.05) is 37.2 Å². The second kappa shape index (κ2) is 9.73. The van der Waals surface area contributed by atoms with Crippen molar-refractivity contribution in [1.82, 2.24) is 9.71 Å². The molecule has 0 spiro atoms. The average molecular weight is 436 g/mol. The number of nitrogens with zero attached hydrogens (tertiary/aromatic N) is 2. The Labute approximate surface area is 177 Å². The Morgan fingerprint density at radius 2 is 2.00 bits per heavy atom. The molecule has 1 N–H and O–H groups in total. The third kappa shape index (κ3) is 5.38. The van der Waals surface area contributed by atoms with E-state index >= 15 is 0 Å². The summed E-state index contributed by atoms with van der Waals surface area (Å²) >= 11 is 5.78. The van der Waals surface area contributed by atoms with Gasteiger partial charge < -0.3 is 4.90 Å². The zero-order valence-electron chi connectivity index (χ0n) is 16.4. The molecule has 2 atom stereocenters. The number of sulfonamides is 1. The third-order valence-electron chi connectivity index (χ3n) is 5.52. The Morgan fingerprint density at radius 1 is 1.24 bits per heavy atom. The van der Waals surface area contributed by atoms with Crippen LogP contribution in [0.5, 0.6) is 0 Å². The molecule has 1 fully saturated rings. The maximum Gasteiger partial charge on any atom is 0.243 e. The van der Waals surface area contributed by atoms with Gasteiger partial charge in [-0.05, 0) is 49.4 Å². The molecule has 0 saturated heterocycles. The van der Waals surface area contributed by atoms with E-state index in [9.17, 15) is 12.8 Å².